The van der Waals surface area contributed by atoms with Crippen molar-refractivity contribution in [3.63, 3.8) is 0 Å². The minimum absolute atomic E-state index is 0.231. The van der Waals surface area contributed by atoms with E-state index in [1.54, 1.807) is 13.2 Å². The van der Waals surface area contributed by atoms with Crippen LogP contribution in [0.1, 0.15) is 24.0 Å². The summed E-state index contributed by atoms with van der Waals surface area (Å²) in [4.78, 5) is 13.1. The van der Waals surface area contributed by atoms with Crippen molar-refractivity contribution in [1.82, 2.24) is 0 Å². The predicted molar refractivity (Wildman–Crippen MR) is 78.1 cm³/mol. The van der Waals surface area contributed by atoms with Gasteiger partial charge < -0.3 is 9.64 Å². The van der Waals surface area contributed by atoms with Crippen molar-refractivity contribution >= 4 is 17.5 Å². The van der Waals surface area contributed by atoms with Gasteiger partial charge in [-0.3, -0.25) is 10.1 Å². The lowest BCUT2D eigenvalue weighted by molar-refractivity contribution is -0.385. The molecule has 1 unspecified atom stereocenters. The Morgan fingerprint density at radius 2 is 2.30 bits per heavy atom. The van der Waals surface area contributed by atoms with E-state index in [1.165, 1.54) is 0 Å². The quantitative estimate of drug-likeness (QED) is 0.628. The van der Waals surface area contributed by atoms with Gasteiger partial charge in [-0.25, -0.2) is 0 Å². The molecule has 1 fully saturated rings. The van der Waals surface area contributed by atoms with E-state index in [2.05, 4.69) is 4.90 Å². The summed E-state index contributed by atoms with van der Waals surface area (Å²) in [5, 5.41) is 11.1. The summed E-state index contributed by atoms with van der Waals surface area (Å²) in [5.41, 5.74) is 3.18. The van der Waals surface area contributed by atoms with Crippen LogP contribution >= 0.6 is 0 Å². The molecule has 1 atom stereocenters. The highest BCUT2D eigenvalue weighted by atomic mass is 16.6. The Bertz CT molecular complexity index is 568. The number of piperidine rings is 1. The largest absolute Gasteiger partial charge is 0.380 e. The first-order chi connectivity index (χ1) is 9.70. The average Bonchev–Trinajstić information content (AvgIpc) is 2.95. The summed E-state index contributed by atoms with van der Waals surface area (Å²) < 4.78 is 5.46. The summed E-state index contributed by atoms with van der Waals surface area (Å²) in [6, 6.07) is 3.52. The number of nitro groups is 1. The maximum absolute atomic E-state index is 11.1. The zero-order valence-corrected chi connectivity index (χ0v) is 11.5. The predicted octanol–water partition coefficient (Wildman–Crippen LogP) is 2.78. The third-order valence-electron chi connectivity index (χ3n) is 4.16. The molecule has 1 aromatic rings. The first kappa shape index (κ1) is 13.1. The van der Waals surface area contributed by atoms with Crippen LogP contribution in [0.25, 0.3) is 6.08 Å². The first-order valence-electron chi connectivity index (χ1n) is 6.95. The second-order valence-electron chi connectivity index (χ2n) is 5.31. The van der Waals surface area contributed by atoms with E-state index in [-0.39, 0.29) is 16.7 Å². The van der Waals surface area contributed by atoms with E-state index in [1.807, 2.05) is 18.2 Å². The number of methoxy groups -OCH3 is 1. The van der Waals surface area contributed by atoms with Crippen molar-refractivity contribution in [2.45, 2.75) is 25.4 Å². The molecule has 5 nitrogen and oxygen atoms in total. The Morgan fingerprint density at radius 3 is 3.05 bits per heavy atom. The van der Waals surface area contributed by atoms with Crippen molar-refractivity contribution < 1.29 is 9.66 Å². The number of nitro benzene ring substituents is 1. The zero-order valence-electron chi connectivity index (χ0n) is 11.5. The number of ether oxygens (including phenoxy) is 1. The SMILES string of the molecule is COC1CCCN(c2ccc([N+](=O)[O-])c3c2C=CC3)C1. The van der Waals surface area contributed by atoms with Crippen LogP contribution < -0.4 is 4.90 Å². The Labute approximate surface area is 118 Å². The van der Waals surface area contributed by atoms with Gasteiger partial charge in [-0.1, -0.05) is 12.2 Å². The lowest BCUT2D eigenvalue weighted by Gasteiger charge is -2.34. The van der Waals surface area contributed by atoms with Gasteiger partial charge in [-0.05, 0) is 25.3 Å². The molecule has 5 heteroatoms. The van der Waals surface area contributed by atoms with Crippen LogP contribution in [-0.2, 0) is 11.2 Å². The van der Waals surface area contributed by atoms with Crippen LogP contribution in [0.3, 0.4) is 0 Å². The van der Waals surface area contributed by atoms with Crippen LogP contribution in [0, 0.1) is 10.1 Å². The number of rotatable bonds is 3. The van der Waals surface area contributed by atoms with Crippen LogP contribution in [0.5, 0.6) is 0 Å². The standard InChI is InChI=1S/C15H18N2O3/c1-20-11-4-3-9-16(10-11)14-7-8-15(17(18)19)13-6-2-5-12(13)14/h2,5,7-8,11H,3-4,6,9-10H2,1H3. The number of fused-ring (bicyclic) bond motifs is 1. The minimum atomic E-state index is -0.288. The fraction of sp³-hybridized carbons (Fsp3) is 0.467. The molecule has 1 saturated heterocycles. The summed E-state index contributed by atoms with van der Waals surface area (Å²) in [6.45, 7) is 1.84. The van der Waals surface area contributed by atoms with Crippen molar-refractivity contribution in [2.24, 2.45) is 0 Å². The van der Waals surface area contributed by atoms with Crippen molar-refractivity contribution in [3.05, 3.63) is 39.4 Å². The molecule has 0 amide bonds. The number of hydrogen-bond donors (Lipinski definition) is 0. The number of anilines is 1. The highest BCUT2D eigenvalue weighted by molar-refractivity contribution is 5.78. The number of hydrogen-bond acceptors (Lipinski definition) is 4. The third kappa shape index (κ3) is 2.18. The van der Waals surface area contributed by atoms with Crippen LogP contribution in [0.4, 0.5) is 11.4 Å². The molecule has 1 heterocycles. The summed E-state index contributed by atoms with van der Waals surface area (Å²) in [7, 11) is 1.74. The zero-order chi connectivity index (χ0) is 14.1. The van der Waals surface area contributed by atoms with E-state index in [9.17, 15) is 10.1 Å². The molecule has 1 aromatic carbocycles. The average molecular weight is 274 g/mol. The molecular weight excluding hydrogens is 256 g/mol. The fourth-order valence-electron chi connectivity index (χ4n) is 3.13. The first-order valence-corrected chi connectivity index (χ1v) is 6.95. The molecular formula is C15H18N2O3. The second-order valence-corrected chi connectivity index (χ2v) is 5.31. The van der Waals surface area contributed by atoms with Gasteiger partial charge in [0.25, 0.3) is 5.69 Å². The van der Waals surface area contributed by atoms with Crippen LogP contribution in [0.2, 0.25) is 0 Å². The van der Waals surface area contributed by atoms with Gasteiger partial charge in [0.15, 0.2) is 0 Å². The fourth-order valence-corrected chi connectivity index (χ4v) is 3.13. The van der Waals surface area contributed by atoms with Gasteiger partial charge in [0, 0.05) is 43.1 Å². The molecule has 0 spiro atoms. The lowest BCUT2D eigenvalue weighted by atomic mass is 10.0. The monoisotopic (exact) mass is 274 g/mol. The molecule has 20 heavy (non-hydrogen) atoms. The summed E-state index contributed by atoms with van der Waals surface area (Å²) in [5.74, 6) is 0. The molecule has 1 aliphatic heterocycles. The summed E-state index contributed by atoms with van der Waals surface area (Å²) >= 11 is 0. The van der Waals surface area contributed by atoms with Gasteiger partial charge in [-0.2, -0.15) is 0 Å². The molecule has 0 aromatic heterocycles. The van der Waals surface area contributed by atoms with E-state index < -0.39 is 0 Å². The highest BCUT2D eigenvalue weighted by Gasteiger charge is 2.26. The maximum Gasteiger partial charge on any atom is 0.273 e. The van der Waals surface area contributed by atoms with E-state index >= 15 is 0 Å². The van der Waals surface area contributed by atoms with Crippen LogP contribution in [0.15, 0.2) is 18.2 Å². The van der Waals surface area contributed by atoms with Gasteiger partial charge in [-0.15, -0.1) is 0 Å². The van der Waals surface area contributed by atoms with E-state index in [0.717, 1.165) is 42.7 Å². The highest BCUT2D eigenvalue weighted by Crippen LogP contribution is 2.37. The molecule has 1 aliphatic carbocycles. The van der Waals surface area contributed by atoms with Gasteiger partial charge in [0.05, 0.1) is 11.0 Å². The number of allylic oxidation sites excluding steroid dienone is 1. The van der Waals surface area contributed by atoms with Gasteiger partial charge >= 0.3 is 0 Å². The molecule has 0 bridgehead atoms. The van der Waals surface area contributed by atoms with Crippen molar-refractivity contribution in [1.29, 1.82) is 0 Å². The number of benzene rings is 1. The van der Waals surface area contributed by atoms with E-state index in [4.69, 9.17) is 4.74 Å². The topological polar surface area (TPSA) is 55.6 Å². The molecule has 0 radical (unpaired) electrons. The molecule has 3 rings (SSSR count). The lowest BCUT2D eigenvalue weighted by Crippen LogP contribution is -2.39. The Hall–Kier alpha value is -1.88. The van der Waals surface area contributed by atoms with Crippen LogP contribution in [-0.4, -0.2) is 31.2 Å². The van der Waals surface area contributed by atoms with Crippen molar-refractivity contribution in [3.8, 4) is 0 Å². The Balaban J connectivity index is 1.96. The smallest absolute Gasteiger partial charge is 0.273 e. The second kappa shape index (κ2) is 5.25. The number of nitrogens with zero attached hydrogens (tertiary/aromatic N) is 2. The summed E-state index contributed by atoms with van der Waals surface area (Å²) in [6.07, 6.45) is 7.08. The Kier molecular flexibility index (Phi) is 3.44. The van der Waals surface area contributed by atoms with Crippen molar-refractivity contribution in [2.75, 3.05) is 25.1 Å². The minimum Gasteiger partial charge on any atom is -0.380 e. The maximum atomic E-state index is 11.1. The molecule has 0 saturated carbocycles. The molecule has 2 aliphatic rings. The van der Waals surface area contributed by atoms with Gasteiger partial charge in [0.2, 0.25) is 0 Å². The normalized spacial score (nSPS) is 21.1. The van der Waals surface area contributed by atoms with Gasteiger partial charge in [0.1, 0.15) is 0 Å². The third-order valence-corrected chi connectivity index (χ3v) is 4.16. The van der Waals surface area contributed by atoms with E-state index in [0.29, 0.717) is 6.42 Å². The Morgan fingerprint density at radius 1 is 1.45 bits per heavy atom. The molecule has 0 N–H and O–H groups in total. The molecule has 106 valence electrons.